The van der Waals surface area contributed by atoms with Crippen molar-refractivity contribution in [1.29, 1.82) is 0 Å². The van der Waals surface area contributed by atoms with Crippen LogP contribution in [-0.4, -0.2) is 11.9 Å². The Balaban J connectivity index is 2.98. The first-order valence-electron chi connectivity index (χ1n) is 5.56. The second-order valence-corrected chi connectivity index (χ2v) is 4.79. The molecule has 0 aliphatic carbocycles. The highest BCUT2D eigenvalue weighted by molar-refractivity contribution is 6.34. The fourth-order valence-corrected chi connectivity index (χ4v) is 1.76. The van der Waals surface area contributed by atoms with E-state index in [1.54, 1.807) is 0 Å². The first kappa shape index (κ1) is 13.0. The molecule has 0 spiro atoms. The Morgan fingerprint density at radius 2 is 1.94 bits per heavy atom. The van der Waals surface area contributed by atoms with Gasteiger partial charge in [0.1, 0.15) is 4.87 Å². The Morgan fingerprint density at radius 1 is 1.38 bits per heavy atom. The molecule has 3 heteroatoms. The molecule has 88 valence electrons. The SMILES string of the molecule is CCC(Cl)(C(=O)NC(C)C)c1ccccc1. The van der Waals surface area contributed by atoms with Crippen LogP contribution in [0.4, 0.5) is 0 Å². The third kappa shape index (κ3) is 2.76. The Bertz CT molecular complexity index is 350. The molecule has 1 aromatic rings. The maximum Gasteiger partial charge on any atom is 0.245 e. The van der Waals surface area contributed by atoms with E-state index in [1.165, 1.54) is 0 Å². The number of hydrogen-bond donors (Lipinski definition) is 1. The van der Waals surface area contributed by atoms with Crippen molar-refractivity contribution >= 4 is 17.5 Å². The van der Waals surface area contributed by atoms with Crippen LogP contribution in [-0.2, 0) is 9.67 Å². The van der Waals surface area contributed by atoms with Gasteiger partial charge in [0.25, 0.3) is 0 Å². The Labute approximate surface area is 102 Å². The molecular weight excluding hydrogens is 222 g/mol. The van der Waals surface area contributed by atoms with Gasteiger partial charge in [0.2, 0.25) is 5.91 Å². The molecule has 1 rings (SSSR count). The van der Waals surface area contributed by atoms with Crippen LogP contribution in [0.1, 0.15) is 32.8 Å². The van der Waals surface area contributed by atoms with Crippen molar-refractivity contribution in [3.63, 3.8) is 0 Å². The van der Waals surface area contributed by atoms with Crippen molar-refractivity contribution in [2.45, 2.75) is 38.1 Å². The summed E-state index contributed by atoms with van der Waals surface area (Å²) in [6.07, 6.45) is 0.567. The first-order chi connectivity index (χ1) is 7.50. The Kier molecular flexibility index (Phi) is 4.36. The molecule has 1 unspecified atom stereocenters. The molecule has 1 N–H and O–H groups in total. The van der Waals surface area contributed by atoms with Crippen LogP contribution in [0.25, 0.3) is 0 Å². The molecule has 0 saturated carbocycles. The minimum Gasteiger partial charge on any atom is -0.352 e. The topological polar surface area (TPSA) is 29.1 Å². The summed E-state index contributed by atoms with van der Waals surface area (Å²) in [5, 5.41) is 2.86. The van der Waals surface area contributed by atoms with Crippen LogP contribution in [0.15, 0.2) is 30.3 Å². The minimum atomic E-state index is -0.953. The van der Waals surface area contributed by atoms with E-state index in [1.807, 2.05) is 51.1 Å². The van der Waals surface area contributed by atoms with Crippen LogP contribution in [0.5, 0.6) is 0 Å². The Hall–Kier alpha value is -1.02. The Morgan fingerprint density at radius 3 is 2.38 bits per heavy atom. The largest absolute Gasteiger partial charge is 0.352 e. The van der Waals surface area contributed by atoms with Gasteiger partial charge in [0, 0.05) is 6.04 Å². The zero-order valence-electron chi connectivity index (χ0n) is 9.96. The number of hydrogen-bond acceptors (Lipinski definition) is 1. The highest BCUT2D eigenvalue weighted by Crippen LogP contribution is 2.32. The number of rotatable bonds is 4. The van der Waals surface area contributed by atoms with Gasteiger partial charge in [-0.15, -0.1) is 11.6 Å². The van der Waals surface area contributed by atoms with E-state index < -0.39 is 4.87 Å². The van der Waals surface area contributed by atoms with E-state index in [2.05, 4.69) is 5.32 Å². The van der Waals surface area contributed by atoms with E-state index in [4.69, 9.17) is 11.6 Å². The van der Waals surface area contributed by atoms with Crippen molar-refractivity contribution in [2.75, 3.05) is 0 Å². The van der Waals surface area contributed by atoms with Crippen molar-refractivity contribution < 1.29 is 4.79 Å². The fraction of sp³-hybridized carbons (Fsp3) is 0.462. The van der Waals surface area contributed by atoms with Gasteiger partial charge in [-0.05, 0) is 25.8 Å². The molecule has 0 aliphatic heterocycles. The molecule has 16 heavy (non-hydrogen) atoms. The van der Waals surface area contributed by atoms with Crippen molar-refractivity contribution in [3.8, 4) is 0 Å². The van der Waals surface area contributed by atoms with E-state index in [0.717, 1.165) is 5.56 Å². The number of alkyl halides is 1. The standard InChI is InChI=1S/C13H18ClNO/c1-4-13(14,12(16)15-10(2)3)11-8-6-5-7-9-11/h5-10H,4H2,1-3H3,(H,15,16). The minimum absolute atomic E-state index is 0.0980. The maximum atomic E-state index is 12.1. The van der Waals surface area contributed by atoms with Crippen LogP contribution in [0.3, 0.4) is 0 Å². The van der Waals surface area contributed by atoms with Crippen molar-refractivity contribution in [1.82, 2.24) is 5.32 Å². The summed E-state index contributed by atoms with van der Waals surface area (Å²) in [4.78, 5) is 11.1. The second kappa shape index (κ2) is 5.35. The van der Waals surface area contributed by atoms with Gasteiger partial charge < -0.3 is 5.32 Å². The summed E-state index contributed by atoms with van der Waals surface area (Å²) < 4.78 is 0. The van der Waals surface area contributed by atoms with Gasteiger partial charge in [-0.25, -0.2) is 0 Å². The van der Waals surface area contributed by atoms with Crippen molar-refractivity contribution in [2.24, 2.45) is 0 Å². The van der Waals surface area contributed by atoms with Gasteiger partial charge in [-0.1, -0.05) is 37.3 Å². The molecule has 0 radical (unpaired) electrons. The van der Waals surface area contributed by atoms with Gasteiger partial charge in [-0.2, -0.15) is 0 Å². The highest BCUT2D eigenvalue weighted by Gasteiger charge is 2.36. The predicted octanol–water partition coefficient (Wildman–Crippen LogP) is 3.06. The molecule has 0 bridgehead atoms. The van der Waals surface area contributed by atoms with E-state index in [-0.39, 0.29) is 11.9 Å². The van der Waals surface area contributed by atoms with Crippen LogP contribution < -0.4 is 5.32 Å². The van der Waals surface area contributed by atoms with E-state index >= 15 is 0 Å². The zero-order chi connectivity index (χ0) is 12.2. The number of carbonyl (C=O) groups excluding carboxylic acids is 1. The summed E-state index contributed by atoms with van der Waals surface area (Å²) in [7, 11) is 0. The maximum absolute atomic E-state index is 12.1. The number of nitrogens with one attached hydrogen (secondary N) is 1. The average Bonchev–Trinajstić information content (AvgIpc) is 2.28. The van der Waals surface area contributed by atoms with Gasteiger partial charge in [-0.3, -0.25) is 4.79 Å². The number of carbonyl (C=O) groups is 1. The molecule has 2 nitrogen and oxygen atoms in total. The molecule has 0 aliphatic rings. The van der Waals surface area contributed by atoms with E-state index in [9.17, 15) is 4.79 Å². The average molecular weight is 240 g/mol. The molecule has 0 aromatic heterocycles. The fourth-order valence-electron chi connectivity index (χ4n) is 1.57. The lowest BCUT2D eigenvalue weighted by molar-refractivity contribution is -0.124. The second-order valence-electron chi connectivity index (χ2n) is 4.15. The van der Waals surface area contributed by atoms with Crippen LogP contribution in [0.2, 0.25) is 0 Å². The lowest BCUT2D eigenvalue weighted by Gasteiger charge is -2.26. The summed E-state index contributed by atoms with van der Waals surface area (Å²) >= 11 is 6.43. The van der Waals surface area contributed by atoms with Crippen molar-refractivity contribution in [3.05, 3.63) is 35.9 Å². The zero-order valence-corrected chi connectivity index (χ0v) is 10.7. The quantitative estimate of drug-likeness (QED) is 0.804. The highest BCUT2D eigenvalue weighted by atomic mass is 35.5. The number of benzene rings is 1. The predicted molar refractivity (Wildman–Crippen MR) is 67.5 cm³/mol. The third-order valence-corrected chi connectivity index (χ3v) is 3.16. The molecule has 1 atom stereocenters. The summed E-state index contributed by atoms with van der Waals surface area (Å²) in [6.45, 7) is 5.77. The smallest absolute Gasteiger partial charge is 0.245 e. The lowest BCUT2D eigenvalue weighted by atomic mass is 9.94. The first-order valence-corrected chi connectivity index (χ1v) is 5.94. The molecule has 1 amide bonds. The number of halogens is 1. The molecule has 0 heterocycles. The summed E-state index contributed by atoms with van der Waals surface area (Å²) in [5.74, 6) is -0.127. The third-order valence-electron chi connectivity index (χ3n) is 2.50. The summed E-state index contributed by atoms with van der Waals surface area (Å²) in [5.41, 5.74) is 0.845. The molecule has 0 fully saturated rings. The normalized spacial score (nSPS) is 14.6. The monoisotopic (exact) mass is 239 g/mol. The molecule has 1 aromatic carbocycles. The number of amides is 1. The van der Waals surface area contributed by atoms with Gasteiger partial charge in [0.05, 0.1) is 0 Å². The van der Waals surface area contributed by atoms with Gasteiger partial charge >= 0.3 is 0 Å². The van der Waals surface area contributed by atoms with Gasteiger partial charge in [0.15, 0.2) is 0 Å². The lowest BCUT2D eigenvalue weighted by Crippen LogP contribution is -2.43. The molecular formula is C13H18ClNO. The molecule has 0 saturated heterocycles. The van der Waals surface area contributed by atoms with E-state index in [0.29, 0.717) is 6.42 Å². The summed E-state index contributed by atoms with van der Waals surface area (Å²) in [6, 6.07) is 9.57. The van der Waals surface area contributed by atoms with Crippen LogP contribution >= 0.6 is 11.6 Å². The van der Waals surface area contributed by atoms with Crippen LogP contribution in [0, 0.1) is 0 Å².